The first-order chi connectivity index (χ1) is 12.6. The molecule has 132 valence electrons. The molecule has 0 spiro atoms. The van der Waals surface area contributed by atoms with Gasteiger partial charge in [-0.3, -0.25) is 10.1 Å². The van der Waals surface area contributed by atoms with Gasteiger partial charge in [0.25, 0.3) is 5.91 Å². The molecular weight excluding hydrogens is 389 g/mol. The number of rotatable bonds is 3. The fraction of sp³-hybridized carbons (Fsp3) is 0.211. The lowest BCUT2D eigenvalue weighted by Gasteiger charge is -2.16. The number of aryl methyl sites for hydroxylation is 2. The fourth-order valence-electron chi connectivity index (χ4n) is 3.07. The summed E-state index contributed by atoms with van der Waals surface area (Å²) in [5.41, 5.74) is 5.14. The van der Waals surface area contributed by atoms with Crippen LogP contribution in [0.5, 0.6) is 0 Å². The molecule has 3 aromatic rings. The minimum absolute atomic E-state index is 0.173. The first-order valence-electron chi connectivity index (χ1n) is 8.30. The third-order valence-electron chi connectivity index (χ3n) is 4.43. The first kappa shape index (κ1) is 17.5. The summed E-state index contributed by atoms with van der Waals surface area (Å²) in [6, 6.07) is 8.01. The Morgan fingerprint density at radius 1 is 1.12 bits per heavy atom. The van der Waals surface area contributed by atoms with Crippen molar-refractivity contribution in [3.8, 4) is 11.3 Å². The fourth-order valence-corrected chi connectivity index (χ4v) is 4.06. The van der Waals surface area contributed by atoms with Gasteiger partial charge in [-0.2, -0.15) is 0 Å². The van der Waals surface area contributed by atoms with Crippen LogP contribution in [-0.2, 0) is 12.8 Å². The van der Waals surface area contributed by atoms with Crippen molar-refractivity contribution in [2.24, 2.45) is 0 Å². The molecule has 0 radical (unpaired) electrons. The third kappa shape index (κ3) is 3.61. The second-order valence-electron chi connectivity index (χ2n) is 6.18. The standard InChI is InChI=1S/C19H15Cl2N3OS/c20-15-8-14(9-22-17(15)21)18(25)24-19-23-16(10-26-19)13-6-5-11-3-1-2-4-12(11)7-13/h5-10H,1-4H2,(H,23,24,25). The Morgan fingerprint density at radius 3 is 2.73 bits per heavy atom. The minimum atomic E-state index is -0.317. The molecule has 1 N–H and O–H groups in total. The summed E-state index contributed by atoms with van der Waals surface area (Å²) in [6.45, 7) is 0. The predicted molar refractivity (Wildman–Crippen MR) is 106 cm³/mol. The molecule has 0 saturated carbocycles. The van der Waals surface area contributed by atoms with Gasteiger partial charge in [0.05, 0.1) is 16.3 Å². The van der Waals surface area contributed by atoms with Gasteiger partial charge in [-0.1, -0.05) is 35.3 Å². The SMILES string of the molecule is O=C(Nc1nc(-c2ccc3c(c2)CCCC3)cs1)c1cnc(Cl)c(Cl)c1. The van der Waals surface area contributed by atoms with Crippen molar-refractivity contribution in [3.05, 3.63) is 62.7 Å². The number of nitrogens with zero attached hydrogens (tertiary/aromatic N) is 2. The molecule has 1 aliphatic carbocycles. The van der Waals surface area contributed by atoms with Crippen molar-refractivity contribution in [1.29, 1.82) is 0 Å². The van der Waals surface area contributed by atoms with Crippen molar-refractivity contribution >= 4 is 45.6 Å². The molecule has 7 heteroatoms. The molecule has 26 heavy (non-hydrogen) atoms. The third-order valence-corrected chi connectivity index (χ3v) is 5.87. The van der Waals surface area contributed by atoms with Crippen molar-refractivity contribution in [2.45, 2.75) is 25.7 Å². The number of hydrogen-bond acceptors (Lipinski definition) is 4. The quantitative estimate of drug-likeness (QED) is 0.575. The van der Waals surface area contributed by atoms with Gasteiger partial charge in [-0.05, 0) is 48.9 Å². The Bertz CT molecular complexity index is 987. The Kier molecular flexibility index (Phi) is 4.94. The topological polar surface area (TPSA) is 54.9 Å². The Balaban J connectivity index is 1.52. The van der Waals surface area contributed by atoms with E-state index in [1.54, 1.807) is 0 Å². The average Bonchev–Trinajstić information content (AvgIpc) is 3.12. The summed E-state index contributed by atoms with van der Waals surface area (Å²) >= 11 is 13.1. The van der Waals surface area contributed by atoms with Gasteiger partial charge in [0.15, 0.2) is 5.13 Å². The second kappa shape index (κ2) is 7.35. The number of benzene rings is 1. The van der Waals surface area contributed by atoms with E-state index in [0.717, 1.165) is 24.1 Å². The lowest BCUT2D eigenvalue weighted by Crippen LogP contribution is -2.12. The zero-order chi connectivity index (χ0) is 18.1. The van der Waals surface area contributed by atoms with Crippen molar-refractivity contribution < 1.29 is 4.79 Å². The molecule has 4 nitrogen and oxygen atoms in total. The van der Waals surface area contributed by atoms with Crippen LogP contribution in [0.2, 0.25) is 10.2 Å². The summed E-state index contributed by atoms with van der Waals surface area (Å²) in [4.78, 5) is 20.8. The van der Waals surface area contributed by atoms with E-state index < -0.39 is 0 Å². The van der Waals surface area contributed by atoms with Crippen LogP contribution in [0.1, 0.15) is 34.3 Å². The molecule has 0 saturated heterocycles. The van der Waals surface area contributed by atoms with Gasteiger partial charge >= 0.3 is 0 Å². The van der Waals surface area contributed by atoms with Crippen LogP contribution >= 0.6 is 34.5 Å². The van der Waals surface area contributed by atoms with E-state index in [1.165, 1.54) is 47.6 Å². The van der Waals surface area contributed by atoms with Gasteiger partial charge in [-0.25, -0.2) is 9.97 Å². The van der Waals surface area contributed by atoms with E-state index in [9.17, 15) is 4.79 Å². The van der Waals surface area contributed by atoms with Crippen molar-refractivity contribution in [3.63, 3.8) is 0 Å². The second-order valence-corrected chi connectivity index (χ2v) is 7.80. The summed E-state index contributed by atoms with van der Waals surface area (Å²) in [6.07, 6.45) is 6.18. The maximum Gasteiger partial charge on any atom is 0.259 e. The van der Waals surface area contributed by atoms with Crippen LogP contribution in [0, 0.1) is 0 Å². The van der Waals surface area contributed by atoms with Crippen LogP contribution in [0.15, 0.2) is 35.8 Å². The number of anilines is 1. The number of carbonyl (C=O) groups excluding carboxylic acids is 1. The predicted octanol–water partition coefficient (Wildman–Crippen LogP) is 5.64. The molecule has 1 amide bonds. The number of thiazole rings is 1. The van der Waals surface area contributed by atoms with E-state index in [0.29, 0.717) is 10.7 Å². The summed E-state index contributed by atoms with van der Waals surface area (Å²) in [5, 5.41) is 5.69. The first-order valence-corrected chi connectivity index (χ1v) is 9.94. The van der Waals surface area contributed by atoms with Crippen LogP contribution in [0.25, 0.3) is 11.3 Å². The van der Waals surface area contributed by atoms with Crippen LogP contribution in [0.4, 0.5) is 5.13 Å². The normalized spacial score (nSPS) is 13.3. The van der Waals surface area contributed by atoms with E-state index in [2.05, 4.69) is 33.5 Å². The molecule has 0 unspecified atom stereocenters. The number of pyridine rings is 1. The number of amides is 1. The van der Waals surface area contributed by atoms with Crippen LogP contribution in [0.3, 0.4) is 0 Å². The van der Waals surface area contributed by atoms with E-state index in [-0.39, 0.29) is 16.1 Å². The maximum atomic E-state index is 12.3. The zero-order valence-electron chi connectivity index (χ0n) is 13.8. The number of fused-ring (bicyclic) bond motifs is 1. The van der Waals surface area contributed by atoms with Crippen LogP contribution < -0.4 is 5.32 Å². The summed E-state index contributed by atoms with van der Waals surface area (Å²) < 4.78 is 0. The number of halogens is 2. The highest BCUT2D eigenvalue weighted by Gasteiger charge is 2.14. The number of hydrogen-bond donors (Lipinski definition) is 1. The van der Waals surface area contributed by atoms with Gasteiger partial charge in [0.1, 0.15) is 5.15 Å². The largest absolute Gasteiger partial charge is 0.298 e. The molecule has 4 rings (SSSR count). The number of nitrogens with one attached hydrogen (secondary N) is 1. The average molecular weight is 404 g/mol. The molecule has 2 heterocycles. The molecule has 1 aliphatic rings. The molecule has 0 aliphatic heterocycles. The Hall–Kier alpha value is -1.95. The lowest BCUT2D eigenvalue weighted by molar-refractivity contribution is 0.102. The van der Waals surface area contributed by atoms with Gasteiger partial charge in [0.2, 0.25) is 0 Å². The Morgan fingerprint density at radius 2 is 1.92 bits per heavy atom. The van der Waals surface area contributed by atoms with E-state index in [4.69, 9.17) is 23.2 Å². The van der Waals surface area contributed by atoms with Crippen LogP contribution in [-0.4, -0.2) is 15.9 Å². The highest BCUT2D eigenvalue weighted by atomic mass is 35.5. The highest BCUT2D eigenvalue weighted by molar-refractivity contribution is 7.14. The highest BCUT2D eigenvalue weighted by Crippen LogP contribution is 2.30. The molecule has 1 aromatic carbocycles. The zero-order valence-corrected chi connectivity index (χ0v) is 16.1. The molecule has 0 fully saturated rings. The maximum absolute atomic E-state index is 12.3. The molecular formula is C19H15Cl2N3OS. The molecule has 2 aromatic heterocycles. The van der Waals surface area contributed by atoms with Gasteiger partial charge in [-0.15, -0.1) is 11.3 Å². The summed E-state index contributed by atoms with van der Waals surface area (Å²) in [5.74, 6) is -0.317. The number of carbonyl (C=O) groups is 1. The van der Waals surface area contributed by atoms with Gasteiger partial charge < -0.3 is 0 Å². The van der Waals surface area contributed by atoms with Gasteiger partial charge in [0, 0.05) is 17.1 Å². The monoisotopic (exact) mass is 403 g/mol. The lowest BCUT2D eigenvalue weighted by atomic mass is 9.90. The molecule has 0 atom stereocenters. The van der Waals surface area contributed by atoms with E-state index >= 15 is 0 Å². The number of aromatic nitrogens is 2. The van der Waals surface area contributed by atoms with Crippen molar-refractivity contribution in [2.75, 3.05) is 5.32 Å². The Labute approximate surface area is 165 Å². The summed E-state index contributed by atoms with van der Waals surface area (Å²) in [7, 11) is 0. The smallest absolute Gasteiger partial charge is 0.259 e. The van der Waals surface area contributed by atoms with E-state index in [1.807, 2.05) is 5.38 Å². The molecule has 0 bridgehead atoms. The minimum Gasteiger partial charge on any atom is -0.298 e. The van der Waals surface area contributed by atoms with Crippen molar-refractivity contribution in [1.82, 2.24) is 9.97 Å².